The van der Waals surface area contributed by atoms with Crippen LogP contribution in [0.4, 0.5) is 13.2 Å². The van der Waals surface area contributed by atoms with E-state index in [0.29, 0.717) is 0 Å². The Hall–Kier alpha value is -1.56. The molecule has 0 bridgehead atoms. The Morgan fingerprint density at radius 2 is 1.80 bits per heavy atom. The number of rotatable bonds is 2. The van der Waals surface area contributed by atoms with E-state index in [1.165, 1.54) is 0 Å². The van der Waals surface area contributed by atoms with Gasteiger partial charge >= 0.3 is 12.1 Å². The molecule has 0 aliphatic carbocycles. The van der Waals surface area contributed by atoms with Crippen LogP contribution in [0.1, 0.15) is 5.56 Å². The third-order valence-corrected chi connectivity index (χ3v) is 1.54. The van der Waals surface area contributed by atoms with E-state index in [0.717, 1.165) is 24.3 Å². The fourth-order valence-electron chi connectivity index (χ4n) is 0.876. The number of benzene rings is 1. The van der Waals surface area contributed by atoms with Gasteiger partial charge in [-0.05, 0) is 24.3 Å². The van der Waals surface area contributed by atoms with Crippen molar-refractivity contribution < 1.29 is 27.8 Å². The SMILES string of the molecule is O=C(CO)Oc1ccc(C(F)(F)F)cc1. The average molecular weight is 220 g/mol. The molecule has 0 aromatic heterocycles. The maximum Gasteiger partial charge on any atom is 0.416 e. The summed E-state index contributed by atoms with van der Waals surface area (Å²) in [7, 11) is 0. The quantitative estimate of drug-likeness (QED) is 0.608. The molecule has 0 saturated heterocycles. The lowest BCUT2D eigenvalue weighted by atomic mass is 10.2. The monoisotopic (exact) mass is 220 g/mol. The Morgan fingerprint density at radius 3 is 2.20 bits per heavy atom. The van der Waals surface area contributed by atoms with Gasteiger partial charge in [0, 0.05) is 0 Å². The van der Waals surface area contributed by atoms with Crippen molar-refractivity contribution >= 4 is 5.97 Å². The van der Waals surface area contributed by atoms with Crippen molar-refractivity contribution in [1.29, 1.82) is 0 Å². The second-order valence-electron chi connectivity index (χ2n) is 2.65. The van der Waals surface area contributed by atoms with E-state index in [2.05, 4.69) is 4.74 Å². The predicted molar refractivity (Wildman–Crippen MR) is 44.2 cm³/mol. The van der Waals surface area contributed by atoms with Crippen LogP contribution in [0.25, 0.3) is 0 Å². The lowest BCUT2D eigenvalue weighted by Gasteiger charge is -2.07. The third-order valence-electron chi connectivity index (χ3n) is 1.54. The molecule has 0 fully saturated rings. The van der Waals surface area contributed by atoms with E-state index < -0.39 is 24.3 Å². The van der Waals surface area contributed by atoms with Gasteiger partial charge in [0.05, 0.1) is 5.56 Å². The minimum absolute atomic E-state index is 0.0398. The molecule has 0 aliphatic heterocycles. The molecule has 0 spiro atoms. The third kappa shape index (κ3) is 3.25. The number of esters is 1. The Balaban J connectivity index is 2.77. The van der Waals surface area contributed by atoms with Gasteiger partial charge in [0.1, 0.15) is 12.4 Å². The maximum absolute atomic E-state index is 12.1. The Morgan fingerprint density at radius 1 is 1.27 bits per heavy atom. The number of halogens is 3. The minimum Gasteiger partial charge on any atom is -0.425 e. The van der Waals surface area contributed by atoms with Crippen molar-refractivity contribution in [1.82, 2.24) is 0 Å². The predicted octanol–water partition coefficient (Wildman–Crippen LogP) is 1.60. The summed E-state index contributed by atoms with van der Waals surface area (Å²) < 4.78 is 40.8. The van der Waals surface area contributed by atoms with Crippen LogP contribution in [0, 0.1) is 0 Å². The molecule has 1 rings (SSSR count). The van der Waals surface area contributed by atoms with E-state index in [1.54, 1.807) is 0 Å². The number of hydrogen-bond acceptors (Lipinski definition) is 3. The van der Waals surface area contributed by atoms with Gasteiger partial charge in [-0.25, -0.2) is 4.79 Å². The fraction of sp³-hybridized carbons (Fsp3) is 0.222. The molecule has 0 aliphatic rings. The minimum atomic E-state index is -4.42. The number of ether oxygens (including phenoxy) is 1. The van der Waals surface area contributed by atoms with Gasteiger partial charge in [-0.3, -0.25) is 0 Å². The summed E-state index contributed by atoms with van der Waals surface area (Å²) in [5.41, 5.74) is -0.828. The number of carbonyl (C=O) groups excluding carboxylic acids is 1. The van der Waals surface area contributed by atoms with E-state index in [9.17, 15) is 18.0 Å². The highest BCUT2D eigenvalue weighted by atomic mass is 19.4. The highest BCUT2D eigenvalue weighted by molar-refractivity contribution is 5.73. The van der Waals surface area contributed by atoms with Gasteiger partial charge in [0.2, 0.25) is 0 Å². The van der Waals surface area contributed by atoms with Crippen molar-refractivity contribution in [2.75, 3.05) is 6.61 Å². The van der Waals surface area contributed by atoms with Crippen LogP contribution >= 0.6 is 0 Å². The summed E-state index contributed by atoms with van der Waals surface area (Å²) in [5, 5.41) is 8.33. The zero-order valence-electron chi connectivity index (χ0n) is 7.41. The molecule has 3 nitrogen and oxygen atoms in total. The largest absolute Gasteiger partial charge is 0.425 e. The Bertz CT molecular complexity index is 343. The zero-order chi connectivity index (χ0) is 11.5. The summed E-state index contributed by atoms with van der Waals surface area (Å²) in [4.78, 5) is 10.6. The molecule has 1 N–H and O–H groups in total. The second kappa shape index (κ2) is 4.31. The van der Waals surface area contributed by atoms with Gasteiger partial charge in [-0.1, -0.05) is 0 Å². The molecule has 15 heavy (non-hydrogen) atoms. The summed E-state index contributed by atoms with van der Waals surface area (Å²) in [6, 6.07) is 3.60. The van der Waals surface area contributed by atoms with Crippen LogP contribution in [0.5, 0.6) is 5.75 Å². The molecule has 0 amide bonds. The smallest absolute Gasteiger partial charge is 0.416 e. The molecule has 1 aromatic carbocycles. The molecule has 82 valence electrons. The number of carbonyl (C=O) groups is 1. The zero-order valence-corrected chi connectivity index (χ0v) is 7.41. The van der Waals surface area contributed by atoms with Crippen LogP contribution in [0.3, 0.4) is 0 Å². The van der Waals surface area contributed by atoms with Crippen LogP contribution in [-0.2, 0) is 11.0 Å². The molecule has 6 heteroatoms. The van der Waals surface area contributed by atoms with Crippen molar-refractivity contribution in [2.24, 2.45) is 0 Å². The van der Waals surface area contributed by atoms with Gasteiger partial charge in [0.25, 0.3) is 0 Å². The van der Waals surface area contributed by atoms with Gasteiger partial charge in [0.15, 0.2) is 0 Å². The van der Waals surface area contributed by atoms with Crippen LogP contribution in [0.2, 0.25) is 0 Å². The number of hydrogen-bond donors (Lipinski definition) is 1. The molecule has 1 aromatic rings. The standard InChI is InChI=1S/C9H7F3O3/c10-9(11,12)6-1-3-7(4-2-6)15-8(14)5-13/h1-4,13H,5H2. The Kier molecular flexibility index (Phi) is 3.31. The summed E-state index contributed by atoms with van der Waals surface area (Å²) in [6.45, 7) is -0.818. The first-order valence-corrected chi connectivity index (χ1v) is 3.92. The molecule has 0 unspecified atom stereocenters. The lowest BCUT2D eigenvalue weighted by Crippen LogP contribution is -2.12. The van der Waals surface area contributed by atoms with Gasteiger partial charge < -0.3 is 9.84 Å². The summed E-state index contributed by atoms with van der Waals surface area (Å²) >= 11 is 0. The first kappa shape index (κ1) is 11.5. The number of aliphatic hydroxyl groups is 1. The molecule has 0 radical (unpaired) electrons. The average Bonchev–Trinajstić information content (AvgIpc) is 2.17. The number of alkyl halides is 3. The fourth-order valence-corrected chi connectivity index (χ4v) is 0.876. The van der Waals surface area contributed by atoms with E-state index >= 15 is 0 Å². The van der Waals surface area contributed by atoms with Crippen molar-refractivity contribution in [2.45, 2.75) is 6.18 Å². The molecular weight excluding hydrogens is 213 g/mol. The Labute approximate surface area is 83.1 Å². The highest BCUT2D eigenvalue weighted by Crippen LogP contribution is 2.30. The normalized spacial score (nSPS) is 11.2. The maximum atomic E-state index is 12.1. The van der Waals surface area contributed by atoms with Crippen molar-refractivity contribution in [3.05, 3.63) is 29.8 Å². The molecular formula is C9H7F3O3. The highest BCUT2D eigenvalue weighted by Gasteiger charge is 2.30. The van der Waals surface area contributed by atoms with Crippen LogP contribution < -0.4 is 4.74 Å². The summed E-state index contributed by atoms with van der Waals surface area (Å²) in [5.74, 6) is -0.961. The van der Waals surface area contributed by atoms with E-state index in [-0.39, 0.29) is 5.75 Å². The van der Waals surface area contributed by atoms with Gasteiger partial charge in [-0.15, -0.1) is 0 Å². The van der Waals surface area contributed by atoms with Crippen molar-refractivity contribution in [3.63, 3.8) is 0 Å². The summed E-state index contributed by atoms with van der Waals surface area (Å²) in [6.07, 6.45) is -4.42. The molecule has 0 heterocycles. The first-order valence-electron chi connectivity index (χ1n) is 3.92. The second-order valence-corrected chi connectivity index (χ2v) is 2.65. The molecule has 0 atom stereocenters. The van der Waals surface area contributed by atoms with E-state index in [1.807, 2.05) is 0 Å². The lowest BCUT2D eigenvalue weighted by molar-refractivity contribution is -0.137. The van der Waals surface area contributed by atoms with Crippen LogP contribution in [-0.4, -0.2) is 17.7 Å². The van der Waals surface area contributed by atoms with Gasteiger partial charge in [-0.2, -0.15) is 13.2 Å². The van der Waals surface area contributed by atoms with Crippen LogP contribution in [0.15, 0.2) is 24.3 Å². The topological polar surface area (TPSA) is 46.5 Å². The first-order chi connectivity index (χ1) is 6.93. The molecule has 0 saturated carbocycles. The van der Waals surface area contributed by atoms with E-state index in [4.69, 9.17) is 5.11 Å². The number of aliphatic hydroxyl groups excluding tert-OH is 1. The van der Waals surface area contributed by atoms with Crippen molar-refractivity contribution in [3.8, 4) is 5.75 Å².